The van der Waals surface area contributed by atoms with E-state index < -0.39 is 11.6 Å². The van der Waals surface area contributed by atoms with Crippen molar-refractivity contribution in [1.29, 1.82) is 0 Å². The highest BCUT2D eigenvalue weighted by Gasteiger charge is 2.52. The predicted molar refractivity (Wildman–Crippen MR) is 111 cm³/mol. The third-order valence-corrected chi connectivity index (χ3v) is 7.59. The molecule has 7 nitrogen and oxygen atoms in total. The number of hydrogen-bond acceptors (Lipinski definition) is 5. The second-order valence-corrected chi connectivity index (χ2v) is 9.64. The molecule has 4 rings (SSSR count). The molecule has 3 fully saturated rings. The van der Waals surface area contributed by atoms with Crippen LogP contribution in [-0.4, -0.2) is 59.4 Å². The molecule has 158 valence electrons. The maximum Gasteiger partial charge on any atom is 0.325 e. The zero-order valence-electron chi connectivity index (χ0n) is 17.0. The summed E-state index contributed by atoms with van der Waals surface area (Å²) < 4.78 is 0. The average molecular weight is 419 g/mol. The van der Waals surface area contributed by atoms with Gasteiger partial charge >= 0.3 is 6.03 Å². The highest BCUT2D eigenvalue weighted by Crippen LogP contribution is 2.36. The van der Waals surface area contributed by atoms with Crippen molar-refractivity contribution in [2.45, 2.75) is 57.0 Å². The first kappa shape index (κ1) is 20.3. The van der Waals surface area contributed by atoms with Gasteiger partial charge in [0.15, 0.2) is 0 Å². The Morgan fingerprint density at radius 2 is 2.03 bits per heavy atom. The Morgan fingerprint density at radius 1 is 1.31 bits per heavy atom. The molecule has 1 aliphatic carbocycles. The quantitative estimate of drug-likeness (QED) is 0.696. The minimum absolute atomic E-state index is 0.149. The van der Waals surface area contributed by atoms with Crippen LogP contribution in [0.5, 0.6) is 0 Å². The van der Waals surface area contributed by atoms with Crippen molar-refractivity contribution in [2.75, 3.05) is 26.2 Å². The Bertz CT molecular complexity index is 752. The minimum Gasteiger partial charge on any atom is -0.353 e. The van der Waals surface area contributed by atoms with Crippen LogP contribution in [0, 0.1) is 5.92 Å². The van der Waals surface area contributed by atoms with Gasteiger partial charge in [-0.1, -0.05) is 13.0 Å². The zero-order valence-corrected chi connectivity index (χ0v) is 17.8. The molecule has 1 saturated carbocycles. The predicted octanol–water partition coefficient (Wildman–Crippen LogP) is 2.50. The number of thiophene rings is 1. The van der Waals surface area contributed by atoms with Gasteiger partial charge in [0.2, 0.25) is 5.91 Å². The molecule has 1 aromatic rings. The lowest BCUT2D eigenvalue weighted by Crippen LogP contribution is -2.50. The second-order valence-electron chi connectivity index (χ2n) is 8.66. The Labute approximate surface area is 175 Å². The van der Waals surface area contributed by atoms with Gasteiger partial charge in [-0.15, -0.1) is 11.3 Å². The molecule has 0 aromatic carbocycles. The van der Waals surface area contributed by atoms with Crippen LogP contribution in [0.3, 0.4) is 0 Å². The lowest BCUT2D eigenvalue weighted by Gasteiger charge is -2.33. The van der Waals surface area contributed by atoms with Gasteiger partial charge in [-0.05, 0) is 69.0 Å². The van der Waals surface area contributed by atoms with Gasteiger partial charge in [0.25, 0.3) is 5.91 Å². The van der Waals surface area contributed by atoms with Crippen molar-refractivity contribution in [3.05, 3.63) is 22.4 Å². The van der Waals surface area contributed by atoms with E-state index in [9.17, 15) is 14.4 Å². The van der Waals surface area contributed by atoms with Crippen LogP contribution in [0.25, 0.3) is 0 Å². The molecule has 1 atom stereocenters. The maximum atomic E-state index is 12.9. The third kappa shape index (κ3) is 4.19. The molecule has 8 heteroatoms. The first-order chi connectivity index (χ1) is 14.0. The van der Waals surface area contributed by atoms with Crippen molar-refractivity contribution in [3.8, 4) is 0 Å². The number of hydrogen-bond donors (Lipinski definition) is 2. The van der Waals surface area contributed by atoms with Crippen molar-refractivity contribution < 1.29 is 14.4 Å². The first-order valence-electron chi connectivity index (χ1n) is 10.7. The Balaban J connectivity index is 1.35. The number of nitrogens with one attached hydrogen (secondary N) is 2. The molecule has 2 N–H and O–H groups in total. The van der Waals surface area contributed by atoms with E-state index in [0.29, 0.717) is 25.3 Å². The summed E-state index contributed by atoms with van der Waals surface area (Å²) in [6, 6.07) is 3.85. The molecule has 4 amide bonds. The van der Waals surface area contributed by atoms with E-state index in [1.54, 1.807) is 11.3 Å². The summed E-state index contributed by atoms with van der Waals surface area (Å²) in [5.74, 6) is 0.0526. The molecule has 2 aliphatic heterocycles. The van der Waals surface area contributed by atoms with Crippen molar-refractivity contribution in [3.63, 3.8) is 0 Å². The van der Waals surface area contributed by atoms with Crippen LogP contribution in [0.15, 0.2) is 17.5 Å². The Kier molecular flexibility index (Phi) is 5.92. The summed E-state index contributed by atoms with van der Waals surface area (Å²) >= 11 is 1.70. The summed E-state index contributed by atoms with van der Waals surface area (Å²) in [5, 5.41) is 7.90. The van der Waals surface area contributed by atoms with Gasteiger partial charge in [0.1, 0.15) is 12.1 Å². The van der Waals surface area contributed by atoms with Crippen LogP contribution in [0.2, 0.25) is 0 Å². The van der Waals surface area contributed by atoms with E-state index in [4.69, 9.17) is 0 Å². The molecule has 2 saturated heterocycles. The summed E-state index contributed by atoms with van der Waals surface area (Å²) in [6.45, 7) is 4.52. The van der Waals surface area contributed by atoms with Crippen molar-refractivity contribution >= 4 is 29.2 Å². The molecule has 1 aromatic heterocycles. The topological polar surface area (TPSA) is 81.8 Å². The molecule has 29 heavy (non-hydrogen) atoms. The number of likely N-dealkylation sites (tertiary alicyclic amines) is 1. The fourth-order valence-corrected chi connectivity index (χ4v) is 5.63. The lowest BCUT2D eigenvalue weighted by molar-refractivity contribution is -0.136. The van der Waals surface area contributed by atoms with Crippen LogP contribution in [0.1, 0.15) is 56.4 Å². The SMILES string of the molecule is CC1CCC2(CC1)NC(=O)N(CC(=O)NCC(c1cccs1)N1CCCC1)C2=O. The summed E-state index contributed by atoms with van der Waals surface area (Å²) in [7, 11) is 0. The second kappa shape index (κ2) is 8.44. The van der Waals surface area contributed by atoms with E-state index >= 15 is 0 Å². The van der Waals surface area contributed by atoms with E-state index in [1.807, 2.05) is 6.07 Å². The number of carbonyl (C=O) groups is 3. The zero-order chi connectivity index (χ0) is 20.4. The number of nitrogens with zero attached hydrogens (tertiary/aromatic N) is 2. The average Bonchev–Trinajstić information content (AvgIpc) is 3.45. The molecule has 0 bridgehead atoms. The maximum absolute atomic E-state index is 12.9. The van der Waals surface area contributed by atoms with Crippen LogP contribution in [-0.2, 0) is 9.59 Å². The fraction of sp³-hybridized carbons (Fsp3) is 0.667. The molecule has 1 spiro atoms. The number of amides is 4. The van der Waals surface area contributed by atoms with E-state index in [0.717, 1.165) is 30.8 Å². The first-order valence-corrected chi connectivity index (χ1v) is 11.5. The van der Waals surface area contributed by atoms with Crippen molar-refractivity contribution in [2.24, 2.45) is 5.92 Å². The highest BCUT2D eigenvalue weighted by molar-refractivity contribution is 7.10. The molecule has 0 radical (unpaired) electrons. The van der Waals surface area contributed by atoms with Gasteiger partial charge in [0, 0.05) is 11.4 Å². The summed E-state index contributed by atoms with van der Waals surface area (Å²) in [5.41, 5.74) is -0.793. The lowest BCUT2D eigenvalue weighted by atomic mass is 9.77. The summed E-state index contributed by atoms with van der Waals surface area (Å²) in [6.07, 6.45) is 5.52. The normalized spacial score (nSPS) is 28.7. The Hall–Kier alpha value is -1.93. The van der Waals surface area contributed by atoms with Crippen LogP contribution >= 0.6 is 11.3 Å². The molecule has 1 unspecified atom stereocenters. The van der Waals surface area contributed by atoms with Gasteiger partial charge in [0.05, 0.1) is 6.04 Å². The molecule has 3 aliphatic rings. The van der Waals surface area contributed by atoms with Gasteiger partial charge in [-0.25, -0.2) is 4.79 Å². The van der Waals surface area contributed by atoms with E-state index in [2.05, 4.69) is 33.9 Å². The summed E-state index contributed by atoms with van der Waals surface area (Å²) in [4.78, 5) is 42.7. The van der Waals surface area contributed by atoms with Crippen LogP contribution in [0.4, 0.5) is 4.79 Å². The van der Waals surface area contributed by atoms with Crippen molar-refractivity contribution in [1.82, 2.24) is 20.4 Å². The number of rotatable bonds is 6. The molecular formula is C21H30N4O3S. The monoisotopic (exact) mass is 418 g/mol. The van der Waals surface area contributed by atoms with E-state index in [1.165, 1.54) is 17.7 Å². The minimum atomic E-state index is -0.793. The number of urea groups is 1. The molecular weight excluding hydrogens is 388 g/mol. The van der Waals surface area contributed by atoms with Gasteiger partial charge in [-0.3, -0.25) is 19.4 Å². The molecule has 3 heterocycles. The van der Waals surface area contributed by atoms with Gasteiger partial charge in [-0.2, -0.15) is 0 Å². The van der Waals surface area contributed by atoms with Crippen LogP contribution < -0.4 is 10.6 Å². The number of carbonyl (C=O) groups excluding carboxylic acids is 3. The Morgan fingerprint density at radius 3 is 2.69 bits per heavy atom. The standard InChI is InChI=1S/C21H30N4O3S/c1-15-6-8-21(9-7-15)19(27)25(20(28)23-21)14-18(26)22-13-16(17-5-4-12-29-17)24-10-2-3-11-24/h4-5,12,15-16H,2-3,6-11,13-14H2,1H3,(H,22,26)(H,23,28). The largest absolute Gasteiger partial charge is 0.353 e. The smallest absolute Gasteiger partial charge is 0.325 e. The fourth-order valence-electron chi connectivity index (χ4n) is 4.77. The van der Waals surface area contributed by atoms with E-state index in [-0.39, 0.29) is 24.4 Å². The van der Waals surface area contributed by atoms with Gasteiger partial charge < -0.3 is 10.6 Å². The third-order valence-electron chi connectivity index (χ3n) is 6.62. The number of imide groups is 1. The highest BCUT2D eigenvalue weighted by atomic mass is 32.1.